The minimum absolute atomic E-state index is 0.0660. The number of aromatic nitrogens is 1. The highest BCUT2D eigenvalue weighted by Crippen LogP contribution is 2.46. The number of carbonyl (C=O) groups excluding carboxylic acids is 2. The van der Waals surface area contributed by atoms with Crippen LogP contribution in [-0.2, 0) is 9.59 Å². The molecule has 1 fully saturated rings. The number of halogens is 1. The van der Waals surface area contributed by atoms with Gasteiger partial charge in [0.25, 0.3) is 5.78 Å². The Morgan fingerprint density at radius 1 is 1.03 bits per heavy atom. The molecule has 1 aliphatic rings. The summed E-state index contributed by atoms with van der Waals surface area (Å²) in [5.74, 6) is -0.411. The number of ketones is 1. The minimum atomic E-state index is -0.974. The molecular weight excluding hydrogens is 528 g/mol. The van der Waals surface area contributed by atoms with Crippen LogP contribution in [0.4, 0.5) is 5.13 Å². The third-order valence-electron chi connectivity index (χ3n) is 6.16. The van der Waals surface area contributed by atoms with Crippen LogP contribution < -0.4 is 19.1 Å². The Balaban J connectivity index is 1.72. The largest absolute Gasteiger partial charge is 0.507 e. The van der Waals surface area contributed by atoms with Gasteiger partial charge in [0.15, 0.2) is 16.6 Å². The quantitative estimate of drug-likeness (QED) is 0.171. The summed E-state index contributed by atoms with van der Waals surface area (Å²) in [6, 6.07) is 16.0. The normalized spacial score (nSPS) is 16.7. The number of ether oxygens (including phenoxy) is 3. The lowest BCUT2D eigenvalue weighted by molar-refractivity contribution is -0.132. The molecule has 0 aliphatic carbocycles. The van der Waals surface area contributed by atoms with E-state index in [1.54, 1.807) is 60.7 Å². The van der Waals surface area contributed by atoms with Crippen molar-refractivity contribution in [1.29, 1.82) is 0 Å². The predicted octanol–water partition coefficient (Wildman–Crippen LogP) is 5.99. The SMILES string of the molecule is CCOc1ccc(C2/C(=C(\O)c3ccc(OC)cc3)C(=O)C(=O)N2c2nc3ccc(Cl)cc3s2)cc1OC. The van der Waals surface area contributed by atoms with Gasteiger partial charge in [-0.25, -0.2) is 4.98 Å². The monoisotopic (exact) mass is 550 g/mol. The van der Waals surface area contributed by atoms with Crippen molar-refractivity contribution in [3.05, 3.63) is 82.4 Å². The fourth-order valence-electron chi connectivity index (χ4n) is 4.37. The highest BCUT2D eigenvalue weighted by Gasteiger charge is 2.48. The summed E-state index contributed by atoms with van der Waals surface area (Å²) in [5, 5.41) is 12.2. The summed E-state index contributed by atoms with van der Waals surface area (Å²) < 4.78 is 17.1. The van der Waals surface area contributed by atoms with Crippen molar-refractivity contribution in [3.8, 4) is 17.2 Å². The lowest BCUT2D eigenvalue weighted by Crippen LogP contribution is -2.29. The first-order valence-corrected chi connectivity index (χ1v) is 12.9. The van der Waals surface area contributed by atoms with E-state index in [2.05, 4.69) is 4.98 Å². The highest BCUT2D eigenvalue weighted by atomic mass is 35.5. The van der Waals surface area contributed by atoms with Gasteiger partial charge >= 0.3 is 5.91 Å². The topological polar surface area (TPSA) is 98.2 Å². The molecule has 0 saturated carbocycles. The first kappa shape index (κ1) is 25.6. The molecule has 0 radical (unpaired) electrons. The fraction of sp³-hybridized carbons (Fsp3) is 0.179. The van der Waals surface area contributed by atoms with Crippen molar-refractivity contribution in [2.45, 2.75) is 13.0 Å². The molecule has 5 rings (SSSR count). The number of amides is 1. The van der Waals surface area contributed by atoms with Crippen LogP contribution in [0.25, 0.3) is 16.0 Å². The van der Waals surface area contributed by atoms with Gasteiger partial charge in [-0.2, -0.15) is 0 Å². The molecule has 0 spiro atoms. The van der Waals surface area contributed by atoms with Crippen LogP contribution in [-0.4, -0.2) is 42.6 Å². The van der Waals surface area contributed by atoms with E-state index in [-0.39, 0.29) is 11.3 Å². The van der Waals surface area contributed by atoms with Crippen molar-refractivity contribution >= 4 is 55.7 Å². The summed E-state index contributed by atoms with van der Waals surface area (Å²) in [6.45, 7) is 2.29. The van der Waals surface area contributed by atoms with E-state index in [1.807, 2.05) is 6.92 Å². The second-order valence-corrected chi connectivity index (χ2v) is 9.79. The van der Waals surface area contributed by atoms with Gasteiger partial charge in [-0.15, -0.1) is 0 Å². The molecule has 2 heterocycles. The zero-order chi connectivity index (χ0) is 27.0. The standard InChI is InChI=1S/C28H23ClN2O6S/c1-4-37-20-12-7-16(13-21(20)36-3)24-23(25(32)15-5-9-18(35-2)10-6-15)26(33)27(34)31(24)28-30-19-11-8-17(29)14-22(19)38-28/h5-14,24,32H,4H2,1-3H3/b25-23+. The number of anilines is 1. The maximum absolute atomic E-state index is 13.5. The van der Waals surface area contributed by atoms with Crippen LogP contribution in [0, 0.1) is 0 Å². The molecule has 1 saturated heterocycles. The third kappa shape index (κ3) is 4.44. The van der Waals surface area contributed by atoms with Crippen LogP contribution in [0.5, 0.6) is 17.2 Å². The van der Waals surface area contributed by atoms with Crippen LogP contribution in [0.2, 0.25) is 5.02 Å². The number of rotatable bonds is 7. The fourth-order valence-corrected chi connectivity index (χ4v) is 5.64. The van der Waals surface area contributed by atoms with E-state index >= 15 is 0 Å². The average molecular weight is 551 g/mol. The molecule has 0 bridgehead atoms. The summed E-state index contributed by atoms with van der Waals surface area (Å²) in [4.78, 5) is 32.9. The molecule has 8 nitrogen and oxygen atoms in total. The number of benzene rings is 3. The molecule has 1 aliphatic heterocycles. The number of aliphatic hydroxyl groups excluding tert-OH is 1. The highest BCUT2D eigenvalue weighted by molar-refractivity contribution is 7.22. The van der Waals surface area contributed by atoms with E-state index in [4.69, 9.17) is 25.8 Å². The Morgan fingerprint density at radius 2 is 1.79 bits per heavy atom. The van der Waals surface area contributed by atoms with Crippen LogP contribution in [0.1, 0.15) is 24.1 Å². The molecular formula is C28H23ClN2O6S. The Hall–Kier alpha value is -4.08. The molecule has 10 heteroatoms. The van der Waals surface area contributed by atoms with Crippen molar-refractivity contribution < 1.29 is 28.9 Å². The number of thiazole rings is 1. The molecule has 194 valence electrons. The van der Waals surface area contributed by atoms with Gasteiger partial charge in [0.05, 0.1) is 42.7 Å². The number of methoxy groups -OCH3 is 2. The molecule has 1 unspecified atom stereocenters. The molecule has 1 aromatic heterocycles. The molecule has 38 heavy (non-hydrogen) atoms. The molecule has 4 aromatic rings. The lowest BCUT2D eigenvalue weighted by atomic mass is 9.95. The van der Waals surface area contributed by atoms with Gasteiger partial charge in [-0.3, -0.25) is 14.5 Å². The molecule has 1 atom stereocenters. The average Bonchev–Trinajstić information content (AvgIpc) is 3.46. The molecule has 1 amide bonds. The number of carbonyl (C=O) groups is 2. The second-order valence-electron chi connectivity index (χ2n) is 8.35. The summed E-state index contributed by atoms with van der Waals surface area (Å²) in [6.07, 6.45) is 0. The van der Waals surface area contributed by atoms with E-state index in [1.165, 1.54) is 30.5 Å². The zero-order valence-corrected chi connectivity index (χ0v) is 22.3. The number of fused-ring (bicyclic) bond motifs is 1. The molecule has 1 N–H and O–H groups in total. The van der Waals surface area contributed by atoms with E-state index < -0.39 is 17.7 Å². The number of Topliss-reactive ketones (excluding diaryl/α,β-unsaturated/α-hetero) is 1. The van der Waals surface area contributed by atoms with Crippen LogP contribution in [0.3, 0.4) is 0 Å². The van der Waals surface area contributed by atoms with Gasteiger partial charge in [-0.1, -0.05) is 29.0 Å². The zero-order valence-electron chi connectivity index (χ0n) is 20.7. The summed E-state index contributed by atoms with van der Waals surface area (Å²) in [7, 11) is 3.04. The van der Waals surface area contributed by atoms with E-state index in [9.17, 15) is 14.7 Å². The number of hydrogen-bond acceptors (Lipinski definition) is 8. The minimum Gasteiger partial charge on any atom is -0.507 e. The summed E-state index contributed by atoms with van der Waals surface area (Å²) in [5.41, 5.74) is 1.47. The smallest absolute Gasteiger partial charge is 0.301 e. The predicted molar refractivity (Wildman–Crippen MR) is 147 cm³/mol. The van der Waals surface area contributed by atoms with Crippen molar-refractivity contribution in [2.75, 3.05) is 25.7 Å². The maximum atomic E-state index is 13.5. The van der Waals surface area contributed by atoms with Crippen LogP contribution >= 0.6 is 22.9 Å². The molecule has 3 aromatic carbocycles. The van der Waals surface area contributed by atoms with E-state index in [0.717, 1.165) is 4.70 Å². The Morgan fingerprint density at radius 3 is 2.47 bits per heavy atom. The van der Waals surface area contributed by atoms with Crippen molar-refractivity contribution in [2.24, 2.45) is 0 Å². The van der Waals surface area contributed by atoms with Gasteiger partial charge in [0, 0.05) is 10.6 Å². The number of hydrogen-bond donors (Lipinski definition) is 1. The Labute approximate surface area is 227 Å². The van der Waals surface area contributed by atoms with Gasteiger partial charge in [0.2, 0.25) is 0 Å². The van der Waals surface area contributed by atoms with Crippen molar-refractivity contribution in [1.82, 2.24) is 4.98 Å². The van der Waals surface area contributed by atoms with Gasteiger partial charge in [-0.05, 0) is 67.1 Å². The third-order valence-corrected chi connectivity index (χ3v) is 7.41. The van der Waals surface area contributed by atoms with Gasteiger partial charge < -0.3 is 19.3 Å². The lowest BCUT2D eigenvalue weighted by Gasteiger charge is -2.24. The summed E-state index contributed by atoms with van der Waals surface area (Å²) >= 11 is 7.39. The first-order chi connectivity index (χ1) is 18.4. The maximum Gasteiger partial charge on any atom is 0.301 e. The van der Waals surface area contributed by atoms with Gasteiger partial charge in [0.1, 0.15) is 11.5 Å². The van der Waals surface area contributed by atoms with Crippen molar-refractivity contribution in [3.63, 3.8) is 0 Å². The first-order valence-electron chi connectivity index (χ1n) is 11.7. The Kier molecular flexibility index (Phi) is 6.96. The van der Waals surface area contributed by atoms with Crippen LogP contribution in [0.15, 0.2) is 66.2 Å². The number of aliphatic hydroxyl groups is 1. The van der Waals surface area contributed by atoms with E-state index in [0.29, 0.717) is 50.7 Å². The number of nitrogens with zero attached hydrogens (tertiary/aromatic N) is 2. The Bertz CT molecular complexity index is 1580. The second kappa shape index (κ2) is 10.4.